The van der Waals surface area contributed by atoms with Crippen LogP contribution in [-0.4, -0.2) is 0 Å². The van der Waals surface area contributed by atoms with E-state index in [4.69, 9.17) is 4.42 Å². The lowest BCUT2D eigenvalue weighted by Crippen LogP contribution is -3.00. The van der Waals surface area contributed by atoms with Crippen molar-refractivity contribution in [2.24, 2.45) is 0 Å². The van der Waals surface area contributed by atoms with Gasteiger partial charge in [0.2, 0.25) is 0 Å². The first-order valence-electron chi connectivity index (χ1n) is 3.89. The van der Waals surface area contributed by atoms with Gasteiger partial charge < -0.3 is 12.4 Å². The maximum atomic E-state index is 5.31. The van der Waals surface area contributed by atoms with Gasteiger partial charge in [-0.1, -0.05) is 18.2 Å². The van der Waals surface area contributed by atoms with Crippen LogP contribution in [0.4, 0.5) is 0 Å². The predicted molar refractivity (Wildman–Crippen MR) is 48.6 cm³/mol. The lowest BCUT2D eigenvalue weighted by atomic mass is 10.2. The third kappa shape index (κ3) is 2.30. The monoisotopic (exact) mass is 192 g/mol. The molecule has 0 radical (unpaired) electrons. The van der Waals surface area contributed by atoms with Crippen LogP contribution in [0, 0.1) is 0 Å². The van der Waals surface area contributed by atoms with Crippen LogP contribution < -0.4 is 12.4 Å². The minimum Gasteiger partial charge on any atom is -1.00 e. The Morgan fingerprint density at radius 3 is 2.08 bits per heavy atom. The van der Waals surface area contributed by atoms with Crippen molar-refractivity contribution in [2.45, 2.75) is 0 Å². The molecule has 0 amide bonds. The van der Waals surface area contributed by atoms with E-state index in [1.165, 1.54) is 0 Å². The number of benzene rings is 1. The molecule has 0 unspecified atom stereocenters. The molecule has 0 aliphatic heterocycles. The van der Waals surface area contributed by atoms with Gasteiger partial charge in [0, 0.05) is 12.1 Å². The Balaban J connectivity index is 0.000000845. The molecule has 0 N–H and O–H groups in total. The average molecular weight is 193 g/mol. The number of hydrogen-bond acceptors (Lipinski definition) is 0. The molecule has 0 atom stereocenters. The SMILES string of the molecule is [Cl-].c1ccc(-c2cccc[o+]2)cc1. The zero-order valence-electron chi connectivity index (χ0n) is 6.98. The summed E-state index contributed by atoms with van der Waals surface area (Å²) < 4.78 is 5.31. The predicted octanol–water partition coefficient (Wildman–Crippen LogP) is 0.232. The Bertz CT molecular complexity index is 307. The first-order valence-corrected chi connectivity index (χ1v) is 3.89. The van der Waals surface area contributed by atoms with Crippen molar-refractivity contribution in [1.29, 1.82) is 0 Å². The van der Waals surface area contributed by atoms with Crippen LogP contribution in [0.1, 0.15) is 0 Å². The zero-order valence-corrected chi connectivity index (χ0v) is 7.74. The highest BCUT2D eigenvalue weighted by Gasteiger charge is 2.06. The molecule has 2 heteroatoms. The fraction of sp³-hybridized carbons (Fsp3) is 0. The van der Waals surface area contributed by atoms with Crippen LogP contribution in [0.15, 0.2) is 59.2 Å². The Kier molecular flexibility index (Phi) is 3.47. The molecule has 0 fully saturated rings. The first-order chi connectivity index (χ1) is 5.97. The number of halogens is 1. The van der Waals surface area contributed by atoms with Gasteiger partial charge in [0.05, 0.1) is 5.56 Å². The highest BCUT2D eigenvalue weighted by Crippen LogP contribution is 2.17. The fourth-order valence-electron chi connectivity index (χ4n) is 1.11. The Labute approximate surface area is 83.4 Å². The van der Waals surface area contributed by atoms with Crippen molar-refractivity contribution in [3.8, 4) is 11.3 Å². The fourth-order valence-corrected chi connectivity index (χ4v) is 1.11. The van der Waals surface area contributed by atoms with Crippen LogP contribution >= 0.6 is 0 Å². The van der Waals surface area contributed by atoms with Gasteiger partial charge >= 0.3 is 12.0 Å². The van der Waals surface area contributed by atoms with Crippen molar-refractivity contribution in [1.82, 2.24) is 0 Å². The molecular weight excluding hydrogens is 184 g/mol. The summed E-state index contributed by atoms with van der Waals surface area (Å²) in [5.74, 6) is 0.901. The zero-order chi connectivity index (χ0) is 8.23. The molecule has 0 spiro atoms. The molecule has 1 aromatic carbocycles. The third-order valence-electron chi connectivity index (χ3n) is 1.69. The van der Waals surface area contributed by atoms with E-state index >= 15 is 0 Å². The van der Waals surface area contributed by atoms with E-state index in [9.17, 15) is 0 Å². The van der Waals surface area contributed by atoms with Gasteiger partial charge in [-0.15, -0.1) is 0 Å². The molecule has 66 valence electrons. The second-order valence-corrected chi connectivity index (χ2v) is 2.54. The van der Waals surface area contributed by atoms with Crippen LogP contribution in [0.3, 0.4) is 0 Å². The summed E-state index contributed by atoms with van der Waals surface area (Å²) in [6, 6.07) is 15.8. The second kappa shape index (κ2) is 4.63. The van der Waals surface area contributed by atoms with Crippen LogP contribution in [0.2, 0.25) is 0 Å². The van der Waals surface area contributed by atoms with Crippen molar-refractivity contribution in [2.75, 3.05) is 0 Å². The third-order valence-corrected chi connectivity index (χ3v) is 1.69. The smallest absolute Gasteiger partial charge is 0.359 e. The summed E-state index contributed by atoms with van der Waals surface area (Å²) in [5.41, 5.74) is 1.11. The Hall–Kier alpha value is -1.34. The topological polar surface area (TPSA) is 11.3 Å². The van der Waals surface area contributed by atoms with Crippen molar-refractivity contribution < 1.29 is 16.8 Å². The molecule has 2 rings (SSSR count). The summed E-state index contributed by atoms with van der Waals surface area (Å²) >= 11 is 0. The quantitative estimate of drug-likeness (QED) is 0.589. The normalized spacial score (nSPS) is 8.92. The standard InChI is InChI=1S/C11H9O.ClH/c1-2-6-10(7-3-1)11-8-4-5-9-12-11;/h1-9H;1H/q+1;/p-1. The molecule has 0 saturated heterocycles. The minimum atomic E-state index is 0. The van der Waals surface area contributed by atoms with E-state index in [1.54, 1.807) is 6.26 Å². The van der Waals surface area contributed by atoms with E-state index in [0.29, 0.717) is 0 Å². The van der Waals surface area contributed by atoms with Gasteiger partial charge in [0.1, 0.15) is 0 Å². The summed E-state index contributed by atoms with van der Waals surface area (Å²) in [6.45, 7) is 0. The lowest BCUT2D eigenvalue weighted by Gasteiger charge is -1.87. The number of rotatable bonds is 1. The average Bonchev–Trinajstić information content (AvgIpc) is 2.21. The van der Waals surface area contributed by atoms with Crippen molar-refractivity contribution in [3.05, 3.63) is 54.8 Å². The molecule has 1 heterocycles. The van der Waals surface area contributed by atoms with E-state index < -0.39 is 0 Å². The maximum absolute atomic E-state index is 5.31. The van der Waals surface area contributed by atoms with Gasteiger partial charge in [-0.2, -0.15) is 0 Å². The van der Waals surface area contributed by atoms with Gasteiger partial charge in [-0.25, -0.2) is 4.42 Å². The molecule has 0 aliphatic carbocycles. The molecule has 0 saturated carbocycles. The first kappa shape index (κ1) is 9.75. The van der Waals surface area contributed by atoms with Crippen molar-refractivity contribution in [3.63, 3.8) is 0 Å². The molecule has 1 nitrogen and oxygen atoms in total. The molecule has 0 bridgehead atoms. The number of hydrogen-bond donors (Lipinski definition) is 0. The second-order valence-electron chi connectivity index (χ2n) is 2.54. The molecule has 13 heavy (non-hydrogen) atoms. The summed E-state index contributed by atoms with van der Waals surface area (Å²) in [7, 11) is 0. The summed E-state index contributed by atoms with van der Waals surface area (Å²) in [6.07, 6.45) is 1.68. The largest absolute Gasteiger partial charge is 1.00 e. The van der Waals surface area contributed by atoms with Gasteiger partial charge in [-0.05, 0) is 18.2 Å². The van der Waals surface area contributed by atoms with Crippen molar-refractivity contribution >= 4 is 0 Å². The molecular formula is C11H9ClO. The molecule has 0 aliphatic rings. The highest BCUT2D eigenvalue weighted by atomic mass is 35.5. The lowest BCUT2D eigenvalue weighted by molar-refractivity contribution is -0.00000280. The maximum Gasteiger partial charge on any atom is 0.359 e. The van der Waals surface area contributed by atoms with Crippen LogP contribution in [-0.2, 0) is 0 Å². The summed E-state index contributed by atoms with van der Waals surface area (Å²) in [4.78, 5) is 0. The summed E-state index contributed by atoms with van der Waals surface area (Å²) in [5, 5.41) is 0. The Morgan fingerprint density at radius 2 is 1.46 bits per heavy atom. The van der Waals surface area contributed by atoms with E-state index in [-0.39, 0.29) is 12.4 Å². The van der Waals surface area contributed by atoms with Crippen LogP contribution in [0.25, 0.3) is 11.3 Å². The Morgan fingerprint density at radius 1 is 0.769 bits per heavy atom. The van der Waals surface area contributed by atoms with E-state index in [2.05, 4.69) is 0 Å². The van der Waals surface area contributed by atoms with E-state index in [1.807, 2.05) is 48.5 Å². The minimum absolute atomic E-state index is 0. The molecule has 2 aromatic rings. The van der Waals surface area contributed by atoms with Gasteiger partial charge in [-0.3, -0.25) is 0 Å². The van der Waals surface area contributed by atoms with Crippen LogP contribution in [0.5, 0.6) is 0 Å². The van der Waals surface area contributed by atoms with Gasteiger partial charge in [0.25, 0.3) is 0 Å². The molecule has 1 aromatic heterocycles. The van der Waals surface area contributed by atoms with E-state index in [0.717, 1.165) is 11.3 Å². The van der Waals surface area contributed by atoms with Gasteiger partial charge in [0.15, 0.2) is 0 Å². The highest BCUT2D eigenvalue weighted by molar-refractivity contribution is 5.56.